The molecule has 1 unspecified atom stereocenters. The van der Waals surface area contributed by atoms with Gasteiger partial charge in [-0.05, 0) is 30.4 Å². The van der Waals surface area contributed by atoms with Crippen LogP contribution in [0.1, 0.15) is 28.8 Å². The van der Waals surface area contributed by atoms with E-state index in [1.165, 1.54) is 12.8 Å². The Labute approximate surface area is 156 Å². The molecule has 1 aromatic carbocycles. The van der Waals surface area contributed by atoms with E-state index in [4.69, 9.17) is 10.5 Å². The molecule has 1 atom stereocenters. The first-order valence-electron chi connectivity index (χ1n) is 8.16. The van der Waals surface area contributed by atoms with Gasteiger partial charge >= 0.3 is 0 Å². The van der Waals surface area contributed by atoms with Crippen LogP contribution < -0.4 is 11.1 Å². The summed E-state index contributed by atoms with van der Waals surface area (Å²) < 4.78 is 5.37. The number of hydrogen-bond donors (Lipinski definition) is 2. The summed E-state index contributed by atoms with van der Waals surface area (Å²) in [4.78, 5) is 14.8. The Bertz CT molecular complexity index is 520. The van der Waals surface area contributed by atoms with Crippen LogP contribution in [0.5, 0.6) is 0 Å². The summed E-state index contributed by atoms with van der Waals surface area (Å²) in [6.07, 6.45) is 2.40. The van der Waals surface area contributed by atoms with Crippen molar-refractivity contribution in [1.82, 2.24) is 10.2 Å². The maximum Gasteiger partial charge on any atom is 0.251 e. The number of halogens is 2. The fourth-order valence-electron chi connectivity index (χ4n) is 2.88. The van der Waals surface area contributed by atoms with E-state index in [9.17, 15) is 4.79 Å². The molecular formula is C17H27Cl2N3O2. The van der Waals surface area contributed by atoms with Gasteiger partial charge in [0, 0.05) is 37.8 Å². The predicted octanol–water partition coefficient (Wildman–Crippen LogP) is 1.83. The van der Waals surface area contributed by atoms with Gasteiger partial charge in [0.1, 0.15) is 0 Å². The molecule has 0 spiro atoms. The number of carbonyl (C=O) groups is 1. The predicted molar refractivity (Wildman–Crippen MR) is 100 cm³/mol. The highest BCUT2D eigenvalue weighted by molar-refractivity contribution is 5.95. The van der Waals surface area contributed by atoms with Gasteiger partial charge in [-0.3, -0.25) is 9.69 Å². The van der Waals surface area contributed by atoms with Gasteiger partial charge < -0.3 is 15.8 Å². The van der Waals surface area contributed by atoms with Gasteiger partial charge in [0.2, 0.25) is 0 Å². The number of hydrogen-bond acceptors (Lipinski definition) is 4. The largest absolute Gasteiger partial charge is 0.379 e. The molecule has 1 aliphatic heterocycles. The molecule has 1 heterocycles. The summed E-state index contributed by atoms with van der Waals surface area (Å²) in [6.45, 7) is 4.73. The Morgan fingerprint density at radius 2 is 1.92 bits per heavy atom. The second kappa shape index (κ2) is 10.2. The van der Waals surface area contributed by atoms with Crippen LogP contribution in [-0.4, -0.2) is 49.7 Å². The maximum absolute atomic E-state index is 12.4. The average Bonchev–Trinajstić information content (AvgIpc) is 3.39. The summed E-state index contributed by atoms with van der Waals surface area (Å²) in [5, 5.41) is 2.99. The highest BCUT2D eigenvalue weighted by atomic mass is 35.5. The van der Waals surface area contributed by atoms with Gasteiger partial charge in [-0.25, -0.2) is 0 Å². The smallest absolute Gasteiger partial charge is 0.251 e. The van der Waals surface area contributed by atoms with Crippen molar-refractivity contribution < 1.29 is 9.53 Å². The molecule has 0 radical (unpaired) electrons. The van der Waals surface area contributed by atoms with Gasteiger partial charge in [0.15, 0.2) is 0 Å². The number of ether oxygens (including phenoxy) is 1. The Hall–Kier alpha value is -0.850. The molecule has 1 saturated heterocycles. The van der Waals surface area contributed by atoms with Gasteiger partial charge in [-0.1, -0.05) is 18.2 Å². The minimum atomic E-state index is -0.0139. The third-order valence-electron chi connectivity index (χ3n) is 4.49. The van der Waals surface area contributed by atoms with Crippen molar-refractivity contribution in [2.24, 2.45) is 11.7 Å². The number of nitrogens with two attached hydrogens (primary N) is 1. The first-order chi connectivity index (χ1) is 10.7. The molecule has 2 fully saturated rings. The number of benzene rings is 1. The van der Waals surface area contributed by atoms with Crippen molar-refractivity contribution >= 4 is 30.7 Å². The van der Waals surface area contributed by atoms with E-state index in [1.807, 2.05) is 24.3 Å². The average molecular weight is 376 g/mol. The number of carbonyl (C=O) groups excluding carboxylic acids is 1. The van der Waals surface area contributed by atoms with Crippen LogP contribution in [0.3, 0.4) is 0 Å². The van der Waals surface area contributed by atoms with Crippen LogP contribution in [0.2, 0.25) is 0 Å². The fourth-order valence-corrected chi connectivity index (χ4v) is 2.88. The first-order valence-corrected chi connectivity index (χ1v) is 8.16. The molecular weight excluding hydrogens is 349 g/mol. The first kappa shape index (κ1) is 21.2. The number of nitrogens with one attached hydrogen (secondary N) is 1. The number of morpholine rings is 1. The van der Waals surface area contributed by atoms with Crippen LogP contribution in [0.4, 0.5) is 0 Å². The van der Waals surface area contributed by atoms with Crippen LogP contribution in [-0.2, 0) is 11.3 Å². The highest BCUT2D eigenvalue weighted by Gasteiger charge is 2.28. The zero-order valence-corrected chi connectivity index (χ0v) is 15.4. The maximum atomic E-state index is 12.4. The molecule has 5 nitrogen and oxygen atoms in total. The van der Waals surface area contributed by atoms with E-state index in [-0.39, 0.29) is 36.8 Å². The standard InChI is InChI=1S/C17H25N3O2.2ClH/c18-16(13-5-6-13)11-19-17(21)15-4-2-1-3-14(15)12-20-7-9-22-10-8-20;;/h1-4,13,16H,5-12,18H2,(H,19,21);2*1H. The molecule has 1 saturated carbocycles. The zero-order chi connectivity index (χ0) is 15.4. The third kappa shape index (κ3) is 5.90. The molecule has 3 rings (SSSR count). The Morgan fingerprint density at radius 3 is 2.58 bits per heavy atom. The van der Waals surface area contributed by atoms with Gasteiger partial charge in [0.25, 0.3) is 5.91 Å². The number of nitrogens with zero attached hydrogens (tertiary/aromatic N) is 1. The Balaban J connectivity index is 0.00000144. The topological polar surface area (TPSA) is 67.6 Å². The highest BCUT2D eigenvalue weighted by Crippen LogP contribution is 2.31. The van der Waals surface area contributed by atoms with E-state index in [2.05, 4.69) is 10.2 Å². The molecule has 3 N–H and O–H groups in total. The molecule has 136 valence electrons. The van der Waals surface area contributed by atoms with E-state index in [0.29, 0.717) is 12.5 Å². The van der Waals surface area contributed by atoms with Crippen LogP contribution in [0, 0.1) is 5.92 Å². The fraction of sp³-hybridized carbons (Fsp3) is 0.588. The lowest BCUT2D eigenvalue weighted by Gasteiger charge is -2.27. The van der Waals surface area contributed by atoms with Crippen molar-refractivity contribution in [3.63, 3.8) is 0 Å². The summed E-state index contributed by atoms with van der Waals surface area (Å²) in [5.74, 6) is 0.587. The number of amides is 1. The molecule has 0 bridgehead atoms. The Morgan fingerprint density at radius 1 is 1.25 bits per heavy atom. The van der Waals surface area contributed by atoms with Gasteiger partial charge in [-0.2, -0.15) is 0 Å². The lowest BCUT2D eigenvalue weighted by molar-refractivity contribution is 0.0340. The van der Waals surface area contributed by atoms with E-state index in [1.54, 1.807) is 0 Å². The molecule has 7 heteroatoms. The number of rotatable bonds is 6. The quantitative estimate of drug-likeness (QED) is 0.795. The molecule has 24 heavy (non-hydrogen) atoms. The van der Waals surface area contributed by atoms with Gasteiger partial charge in [0.05, 0.1) is 13.2 Å². The normalized spacial score (nSPS) is 18.9. The molecule has 1 aliphatic carbocycles. The monoisotopic (exact) mass is 375 g/mol. The second-order valence-electron chi connectivity index (χ2n) is 6.26. The van der Waals surface area contributed by atoms with Crippen molar-refractivity contribution in [1.29, 1.82) is 0 Å². The van der Waals surface area contributed by atoms with Crippen LogP contribution in [0.25, 0.3) is 0 Å². The molecule has 1 amide bonds. The van der Waals surface area contributed by atoms with Crippen molar-refractivity contribution in [2.45, 2.75) is 25.4 Å². The van der Waals surface area contributed by atoms with Crippen molar-refractivity contribution in [2.75, 3.05) is 32.8 Å². The second-order valence-corrected chi connectivity index (χ2v) is 6.26. The molecule has 1 aromatic rings. The summed E-state index contributed by atoms with van der Waals surface area (Å²) in [7, 11) is 0. The molecule has 0 aromatic heterocycles. The third-order valence-corrected chi connectivity index (χ3v) is 4.49. The van der Waals surface area contributed by atoms with Crippen LogP contribution in [0.15, 0.2) is 24.3 Å². The van der Waals surface area contributed by atoms with Gasteiger partial charge in [-0.15, -0.1) is 24.8 Å². The van der Waals surface area contributed by atoms with E-state index in [0.717, 1.165) is 44.0 Å². The summed E-state index contributed by atoms with van der Waals surface area (Å²) >= 11 is 0. The minimum absolute atomic E-state index is 0. The lowest BCUT2D eigenvalue weighted by Crippen LogP contribution is -2.39. The SMILES string of the molecule is Cl.Cl.NC(CNC(=O)c1ccccc1CN1CCOCC1)C1CC1. The van der Waals surface area contributed by atoms with E-state index >= 15 is 0 Å². The van der Waals surface area contributed by atoms with Crippen molar-refractivity contribution in [3.8, 4) is 0 Å². The molecule has 2 aliphatic rings. The van der Waals surface area contributed by atoms with Crippen molar-refractivity contribution in [3.05, 3.63) is 35.4 Å². The van der Waals surface area contributed by atoms with E-state index < -0.39 is 0 Å². The Kier molecular flexibility index (Phi) is 9.02. The minimum Gasteiger partial charge on any atom is -0.379 e. The summed E-state index contributed by atoms with van der Waals surface area (Å²) in [5.41, 5.74) is 7.89. The lowest BCUT2D eigenvalue weighted by atomic mass is 10.1. The van der Waals surface area contributed by atoms with Crippen LogP contribution >= 0.6 is 24.8 Å². The summed E-state index contributed by atoms with van der Waals surface area (Å²) in [6, 6.07) is 7.93. The zero-order valence-electron chi connectivity index (χ0n) is 13.8.